The molecule has 0 saturated carbocycles. The monoisotopic (exact) mass is 757 g/mol. The Bertz CT molecular complexity index is 2930. The van der Waals surface area contributed by atoms with Crippen molar-refractivity contribution in [1.29, 1.82) is 0 Å². The van der Waals surface area contributed by atoms with Gasteiger partial charge < -0.3 is 24.3 Å². The van der Waals surface area contributed by atoms with Gasteiger partial charge in [0, 0.05) is 89.0 Å². The highest BCUT2D eigenvalue weighted by Crippen LogP contribution is 2.37. The molecule has 3 N–H and O–H groups in total. The number of pyridine rings is 4. The van der Waals surface area contributed by atoms with Crippen LogP contribution in [0.25, 0.3) is 55.2 Å². The number of nitrogens with zero attached hydrogens (tertiary/aromatic N) is 5. The molecule has 13 nitrogen and oxygen atoms in total. The Morgan fingerprint density at radius 1 is 1.00 bits per heavy atom. The summed E-state index contributed by atoms with van der Waals surface area (Å²) in [5, 5.41) is 18.6. The number of amides is 3. The zero-order valence-electron chi connectivity index (χ0n) is 31.0. The molecule has 0 spiro atoms. The lowest BCUT2D eigenvalue weighted by Gasteiger charge is -2.37. The van der Waals surface area contributed by atoms with Crippen LogP contribution >= 0.6 is 0 Å². The number of rotatable bonds is 6. The van der Waals surface area contributed by atoms with Crippen LogP contribution in [0.3, 0.4) is 0 Å². The summed E-state index contributed by atoms with van der Waals surface area (Å²) >= 11 is 0. The van der Waals surface area contributed by atoms with E-state index in [1.165, 1.54) is 0 Å². The Morgan fingerprint density at radius 2 is 1.86 bits per heavy atom. The third-order valence-corrected chi connectivity index (χ3v) is 10.7. The number of imide groups is 1. The summed E-state index contributed by atoms with van der Waals surface area (Å²) in [4.78, 5) is 66.2. The fourth-order valence-electron chi connectivity index (χ4n) is 7.57. The quantitative estimate of drug-likeness (QED) is 0.159. The second kappa shape index (κ2) is 14.2. The molecule has 0 radical (unpaired) electrons. The van der Waals surface area contributed by atoms with Crippen LogP contribution in [0.4, 0.5) is 5.82 Å². The molecular formula is C44H35N7O6. The summed E-state index contributed by atoms with van der Waals surface area (Å²) < 4.78 is 7.30. The highest BCUT2D eigenvalue weighted by Gasteiger charge is 2.31. The first kappa shape index (κ1) is 35.5. The van der Waals surface area contributed by atoms with E-state index < -0.39 is 12.0 Å². The molecule has 2 saturated heterocycles. The molecule has 9 rings (SSSR count). The van der Waals surface area contributed by atoms with Crippen LogP contribution in [0.1, 0.15) is 45.9 Å². The topological polar surface area (TPSA) is 173 Å². The van der Waals surface area contributed by atoms with Crippen molar-refractivity contribution in [2.24, 2.45) is 7.05 Å². The number of β-amino-alcohol motifs (C(OH)–C–C–N with tert-alkyl or cyclic N) is 1. The van der Waals surface area contributed by atoms with Gasteiger partial charge >= 0.3 is 0 Å². The number of carbonyl (C=O) groups excluding carboxylic acids is 3. The van der Waals surface area contributed by atoms with Crippen LogP contribution in [-0.4, -0.2) is 68.1 Å². The van der Waals surface area contributed by atoms with E-state index in [1.54, 1.807) is 55.3 Å². The number of hydrogen-bond donors (Lipinski definition) is 3. The fourth-order valence-corrected chi connectivity index (χ4v) is 7.57. The van der Waals surface area contributed by atoms with Gasteiger partial charge in [0.25, 0.3) is 11.5 Å². The molecule has 2 aliphatic heterocycles. The molecule has 7 heterocycles. The van der Waals surface area contributed by atoms with E-state index in [0.29, 0.717) is 53.3 Å². The van der Waals surface area contributed by atoms with Gasteiger partial charge in [-0.2, -0.15) is 0 Å². The average molecular weight is 758 g/mol. The highest BCUT2D eigenvalue weighted by atomic mass is 16.3. The van der Waals surface area contributed by atoms with Gasteiger partial charge in [0.15, 0.2) is 0 Å². The van der Waals surface area contributed by atoms with Crippen molar-refractivity contribution in [3.8, 4) is 34.4 Å². The molecule has 57 heavy (non-hydrogen) atoms. The van der Waals surface area contributed by atoms with Gasteiger partial charge in [-0.25, -0.2) is 4.98 Å². The number of piperidine rings is 1. The van der Waals surface area contributed by atoms with Crippen LogP contribution in [0.2, 0.25) is 0 Å². The van der Waals surface area contributed by atoms with Crippen molar-refractivity contribution in [1.82, 2.24) is 30.2 Å². The lowest BCUT2D eigenvalue weighted by molar-refractivity contribution is -0.134. The maximum Gasteiger partial charge on any atom is 0.270 e. The summed E-state index contributed by atoms with van der Waals surface area (Å²) in [5.41, 5.74) is 6.56. The number of hydrogen-bond acceptors (Lipinski definition) is 10. The van der Waals surface area contributed by atoms with Gasteiger partial charge in [0.1, 0.15) is 17.1 Å². The maximum atomic E-state index is 13.0. The molecule has 1 atom stereocenters. The SMILES string of the molecule is Cc1cc2c(-c3cccc4cc(-c5ccc(C(=O)NCC#Cc6ccc7occ(C8CCC(=O)NC8=O)c7c6)nc5)ncc34)nc(N3CC(O)C3)cc2n(C)c1=O. The van der Waals surface area contributed by atoms with Gasteiger partial charge in [-0.3, -0.25) is 34.5 Å². The largest absolute Gasteiger partial charge is 0.464 e. The van der Waals surface area contributed by atoms with E-state index in [4.69, 9.17) is 14.4 Å². The van der Waals surface area contributed by atoms with E-state index >= 15 is 0 Å². The third kappa shape index (κ3) is 6.55. The number of aliphatic hydroxyl groups is 1. The summed E-state index contributed by atoms with van der Waals surface area (Å²) in [6.45, 7) is 2.84. The van der Waals surface area contributed by atoms with E-state index in [-0.39, 0.29) is 41.9 Å². The van der Waals surface area contributed by atoms with Crippen molar-refractivity contribution in [3.63, 3.8) is 0 Å². The number of anilines is 1. The Labute approximate surface area is 325 Å². The first-order chi connectivity index (χ1) is 27.6. The number of furan rings is 1. The van der Waals surface area contributed by atoms with Gasteiger partial charge in [-0.1, -0.05) is 30.0 Å². The predicted octanol–water partition coefficient (Wildman–Crippen LogP) is 4.75. The Morgan fingerprint density at radius 3 is 2.65 bits per heavy atom. The standard InChI is InChI=1S/C44H35N7O6/c1-24-15-32-37(50(2)44(24)56)18-39(51-21-28(52)22-51)48-41(32)29-7-3-6-26-17-36(47-20-33(26)29)27-9-11-35(46-19-27)43(55)45-14-4-5-25-8-12-38-31(16-25)34(23-57-38)30-10-13-40(53)49-42(30)54/h3,6-9,11-12,15-20,23,28,30,52H,10,13-14,21-22H2,1-2H3,(H,45,55)(H,49,53,54). The number of aryl methyl sites for hydroxylation is 2. The molecule has 2 aliphatic rings. The van der Waals surface area contributed by atoms with Crippen molar-refractivity contribution in [3.05, 3.63) is 118 Å². The second-order valence-electron chi connectivity index (χ2n) is 14.4. The van der Waals surface area contributed by atoms with Gasteiger partial charge in [-0.05, 0) is 61.2 Å². The molecule has 282 valence electrons. The summed E-state index contributed by atoms with van der Waals surface area (Å²) in [6.07, 6.45) is 5.25. The van der Waals surface area contributed by atoms with Crippen LogP contribution in [0.5, 0.6) is 0 Å². The summed E-state index contributed by atoms with van der Waals surface area (Å²) in [5.74, 6) is 5.26. The zero-order chi connectivity index (χ0) is 39.4. The minimum absolute atomic E-state index is 0.0753. The van der Waals surface area contributed by atoms with Crippen molar-refractivity contribution in [2.45, 2.75) is 31.8 Å². The smallest absolute Gasteiger partial charge is 0.270 e. The molecule has 2 aromatic carbocycles. The predicted molar refractivity (Wildman–Crippen MR) is 214 cm³/mol. The van der Waals surface area contributed by atoms with Gasteiger partial charge in [0.05, 0.1) is 41.7 Å². The normalized spacial score (nSPS) is 15.7. The molecule has 2 fully saturated rings. The van der Waals surface area contributed by atoms with E-state index in [9.17, 15) is 24.3 Å². The second-order valence-corrected chi connectivity index (χ2v) is 14.4. The zero-order valence-corrected chi connectivity index (χ0v) is 31.0. The van der Waals surface area contributed by atoms with E-state index in [1.807, 2.05) is 53.6 Å². The van der Waals surface area contributed by atoms with Crippen LogP contribution in [0.15, 0.2) is 94.6 Å². The molecule has 0 aliphatic carbocycles. The van der Waals surface area contributed by atoms with Crippen molar-refractivity contribution >= 4 is 56.2 Å². The first-order valence-corrected chi connectivity index (χ1v) is 18.5. The minimum Gasteiger partial charge on any atom is -0.464 e. The highest BCUT2D eigenvalue weighted by molar-refractivity contribution is 6.05. The van der Waals surface area contributed by atoms with E-state index in [0.717, 1.165) is 43.9 Å². The lowest BCUT2D eigenvalue weighted by Crippen LogP contribution is -2.51. The van der Waals surface area contributed by atoms with Gasteiger partial charge in [-0.15, -0.1) is 0 Å². The molecule has 0 bridgehead atoms. The van der Waals surface area contributed by atoms with Crippen LogP contribution in [-0.2, 0) is 16.6 Å². The third-order valence-electron chi connectivity index (χ3n) is 10.7. The van der Waals surface area contributed by atoms with Crippen LogP contribution < -0.4 is 21.1 Å². The minimum atomic E-state index is -0.473. The molecular weight excluding hydrogens is 723 g/mol. The number of fused-ring (bicyclic) bond motifs is 3. The Hall–Kier alpha value is -7.17. The number of aromatic nitrogens is 4. The fraction of sp³-hybridized carbons (Fsp3) is 0.205. The van der Waals surface area contributed by atoms with Gasteiger partial charge in [0.2, 0.25) is 11.8 Å². The maximum absolute atomic E-state index is 13.0. The van der Waals surface area contributed by atoms with Crippen molar-refractivity contribution < 1.29 is 23.9 Å². The molecule has 13 heteroatoms. The Balaban J connectivity index is 0.918. The number of benzene rings is 2. The number of aliphatic hydroxyl groups excluding tert-OH is 1. The first-order valence-electron chi connectivity index (χ1n) is 18.5. The van der Waals surface area contributed by atoms with Crippen LogP contribution in [0, 0.1) is 18.8 Å². The lowest BCUT2D eigenvalue weighted by atomic mass is 9.90. The Kier molecular flexibility index (Phi) is 8.82. The summed E-state index contributed by atoms with van der Waals surface area (Å²) in [7, 11) is 1.76. The van der Waals surface area contributed by atoms with Crippen molar-refractivity contribution in [2.75, 3.05) is 24.5 Å². The molecule has 5 aromatic heterocycles. The molecule has 7 aromatic rings. The summed E-state index contributed by atoms with van der Waals surface area (Å²) in [6, 6.07) is 20.6. The average Bonchev–Trinajstić information content (AvgIpc) is 3.62. The number of nitrogens with one attached hydrogen (secondary N) is 2. The number of carbonyl (C=O) groups is 3. The molecule has 3 amide bonds. The van der Waals surface area contributed by atoms with E-state index in [2.05, 4.69) is 27.5 Å². The molecule has 1 unspecified atom stereocenters.